The molecule has 2 aromatic carbocycles. The van der Waals surface area contributed by atoms with Crippen LogP contribution in [0.15, 0.2) is 60.9 Å². The van der Waals surface area contributed by atoms with Crippen LogP contribution in [-0.4, -0.2) is 43.6 Å². The second-order valence-corrected chi connectivity index (χ2v) is 6.88. The molecule has 0 bridgehead atoms. The minimum Gasteiger partial charge on any atom is -0.507 e. The van der Waals surface area contributed by atoms with Gasteiger partial charge in [0.1, 0.15) is 17.0 Å². The van der Waals surface area contributed by atoms with Crippen molar-refractivity contribution < 1.29 is 24.5 Å². The minimum atomic E-state index is -1.34. The predicted molar refractivity (Wildman–Crippen MR) is 113 cm³/mol. The Bertz CT molecular complexity index is 1300. The number of ketones is 1. The van der Waals surface area contributed by atoms with Crippen LogP contribution in [0.25, 0.3) is 11.2 Å². The summed E-state index contributed by atoms with van der Waals surface area (Å²) in [4.78, 5) is 33.3. The third-order valence-electron chi connectivity index (χ3n) is 5.00. The Morgan fingerprint density at radius 2 is 1.81 bits per heavy atom. The van der Waals surface area contributed by atoms with Crippen LogP contribution in [0.2, 0.25) is 0 Å². The van der Waals surface area contributed by atoms with E-state index in [2.05, 4.69) is 9.97 Å². The van der Waals surface area contributed by atoms with Gasteiger partial charge in [0.05, 0.1) is 24.6 Å². The number of carbonyl (C=O) groups excluding carboxylic acids is 1. The Morgan fingerprint density at radius 3 is 2.55 bits per heavy atom. The molecule has 0 unspecified atom stereocenters. The van der Waals surface area contributed by atoms with Gasteiger partial charge in [-0.2, -0.15) is 0 Å². The van der Waals surface area contributed by atoms with Crippen molar-refractivity contribution in [3.8, 4) is 11.5 Å². The standard InChI is InChI=1S/C23H19N3O5/c1-31-19-9-5-2-6-14(19)10-11-26-13-24-17-12-16(20(23(29)30)25-22(17)26)21(28)15-7-3-4-8-18(15)27/h2-9,12-13,27H,10-11H2,1H3,(H,29,30). The van der Waals surface area contributed by atoms with E-state index in [1.807, 2.05) is 24.3 Å². The summed E-state index contributed by atoms with van der Waals surface area (Å²) >= 11 is 0. The Labute approximate surface area is 177 Å². The maximum atomic E-state index is 12.9. The number of ether oxygens (including phenoxy) is 1. The van der Waals surface area contributed by atoms with E-state index in [-0.39, 0.29) is 22.6 Å². The van der Waals surface area contributed by atoms with E-state index in [1.165, 1.54) is 18.2 Å². The molecule has 2 N–H and O–H groups in total. The highest BCUT2D eigenvalue weighted by atomic mass is 16.5. The summed E-state index contributed by atoms with van der Waals surface area (Å²) in [6, 6.07) is 15.0. The van der Waals surface area contributed by atoms with E-state index in [0.29, 0.717) is 24.1 Å². The molecule has 0 fully saturated rings. The van der Waals surface area contributed by atoms with Crippen molar-refractivity contribution in [3.63, 3.8) is 0 Å². The highest BCUT2D eigenvalue weighted by molar-refractivity contribution is 6.16. The number of aryl methyl sites for hydroxylation is 2. The monoisotopic (exact) mass is 417 g/mol. The number of imidazole rings is 1. The average Bonchev–Trinajstić information content (AvgIpc) is 3.18. The molecule has 2 heterocycles. The number of methoxy groups -OCH3 is 1. The lowest BCUT2D eigenvalue weighted by Crippen LogP contribution is -2.13. The van der Waals surface area contributed by atoms with Gasteiger partial charge >= 0.3 is 5.97 Å². The van der Waals surface area contributed by atoms with E-state index in [1.54, 1.807) is 30.1 Å². The first-order valence-corrected chi connectivity index (χ1v) is 9.53. The van der Waals surface area contributed by atoms with Crippen LogP contribution in [0.1, 0.15) is 32.0 Å². The van der Waals surface area contributed by atoms with Crippen LogP contribution in [0.4, 0.5) is 0 Å². The molecule has 0 aliphatic heterocycles. The summed E-state index contributed by atoms with van der Waals surface area (Å²) < 4.78 is 7.11. The summed E-state index contributed by atoms with van der Waals surface area (Å²) in [6.07, 6.45) is 2.19. The quantitative estimate of drug-likeness (QED) is 0.443. The van der Waals surface area contributed by atoms with Gasteiger partial charge in [-0.1, -0.05) is 30.3 Å². The number of aromatic hydroxyl groups is 1. The molecule has 31 heavy (non-hydrogen) atoms. The van der Waals surface area contributed by atoms with Crippen LogP contribution in [0, 0.1) is 0 Å². The van der Waals surface area contributed by atoms with Gasteiger partial charge in [-0.3, -0.25) is 4.79 Å². The van der Waals surface area contributed by atoms with Crippen molar-refractivity contribution in [2.24, 2.45) is 0 Å². The smallest absolute Gasteiger partial charge is 0.355 e. The number of pyridine rings is 1. The summed E-state index contributed by atoms with van der Waals surface area (Å²) in [5.41, 5.74) is 1.24. The highest BCUT2D eigenvalue weighted by Crippen LogP contribution is 2.25. The molecule has 0 atom stereocenters. The molecule has 0 saturated carbocycles. The molecule has 0 amide bonds. The number of carboxylic acid groups (broad SMARTS) is 1. The highest BCUT2D eigenvalue weighted by Gasteiger charge is 2.24. The van der Waals surface area contributed by atoms with E-state index in [4.69, 9.17) is 4.74 Å². The van der Waals surface area contributed by atoms with E-state index < -0.39 is 11.8 Å². The molecule has 0 saturated heterocycles. The lowest BCUT2D eigenvalue weighted by molar-refractivity contribution is 0.0686. The molecule has 4 aromatic rings. The fourth-order valence-electron chi connectivity index (χ4n) is 3.45. The second-order valence-electron chi connectivity index (χ2n) is 6.88. The minimum absolute atomic E-state index is 0.00163. The Balaban J connectivity index is 1.72. The zero-order valence-electron chi connectivity index (χ0n) is 16.6. The van der Waals surface area contributed by atoms with E-state index in [9.17, 15) is 19.8 Å². The number of phenols is 1. The number of hydrogen-bond acceptors (Lipinski definition) is 6. The number of fused-ring (bicyclic) bond motifs is 1. The Hall–Kier alpha value is -4.20. The van der Waals surface area contributed by atoms with Crippen molar-refractivity contribution in [1.29, 1.82) is 0 Å². The first-order valence-electron chi connectivity index (χ1n) is 9.53. The van der Waals surface area contributed by atoms with Gasteiger partial charge in [-0.25, -0.2) is 14.8 Å². The number of benzene rings is 2. The van der Waals surface area contributed by atoms with Gasteiger partial charge in [0.15, 0.2) is 17.1 Å². The molecular formula is C23H19N3O5. The largest absolute Gasteiger partial charge is 0.507 e. The maximum absolute atomic E-state index is 12.9. The normalized spacial score (nSPS) is 10.9. The average molecular weight is 417 g/mol. The van der Waals surface area contributed by atoms with Crippen LogP contribution >= 0.6 is 0 Å². The van der Waals surface area contributed by atoms with Gasteiger partial charge in [0.2, 0.25) is 0 Å². The van der Waals surface area contributed by atoms with Gasteiger partial charge in [0.25, 0.3) is 0 Å². The number of carbonyl (C=O) groups is 2. The van der Waals surface area contributed by atoms with E-state index in [0.717, 1.165) is 11.3 Å². The lowest BCUT2D eigenvalue weighted by atomic mass is 10.0. The molecule has 0 radical (unpaired) electrons. The second kappa shape index (κ2) is 8.27. The number of aromatic nitrogens is 3. The summed E-state index contributed by atoms with van der Waals surface area (Å²) in [5.74, 6) is -1.43. The van der Waals surface area contributed by atoms with Crippen molar-refractivity contribution in [2.45, 2.75) is 13.0 Å². The summed E-state index contributed by atoms with van der Waals surface area (Å²) in [7, 11) is 1.61. The number of nitrogens with zero attached hydrogens (tertiary/aromatic N) is 3. The molecule has 2 aromatic heterocycles. The number of rotatable bonds is 7. The molecule has 0 aliphatic carbocycles. The van der Waals surface area contributed by atoms with Crippen molar-refractivity contribution in [2.75, 3.05) is 7.11 Å². The third-order valence-corrected chi connectivity index (χ3v) is 5.00. The van der Waals surface area contributed by atoms with Crippen LogP contribution in [0.3, 0.4) is 0 Å². The lowest BCUT2D eigenvalue weighted by Gasteiger charge is -2.10. The van der Waals surface area contributed by atoms with Gasteiger partial charge in [0, 0.05) is 6.54 Å². The topological polar surface area (TPSA) is 115 Å². The molecular weight excluding hydrogens is 398 g/mol. The zero-order chi connectivity index (χ0) is 22.0. The zero-order valence-corrected chi connectivity index (χ0v) is 16.6. The van der Waals surface area contributed by atoms with Gasteiger partial charge in [-0.05, 0) is 36.2 Å². The number of hydrogen-bond donors (Lipinski definition) is 2. The Kier molecular flexibility index (Phi) is 5.36. The summed E-state index contributed by atoms with van der Waals surface area (Å²) in [6.45, 7) is 0.496. The summed E-state index contributed by atoms with van der Waals surface area (Å²) in [5, 5.41) is 19.7. The number of phenolic OH excluding ortho intramolecular Hbond substituents is 1. The number of aromatic carboxylic acids is 1. The molecule has 156 valence electrons. The Morgan fingerprint density at radius 1 is 1.06 bits per heavy atom. The first-order chi connectivity index (χ1) is 15.0. The van der Waals surface area contributed by atoms with Crippen molar-refractivity contribution in [3.05, 3.63) is 83.3 Å². The maximum Gasteiger partial charge on any atom is 0.355 e. The van der Waals surface area contributed by atoms with E-state index >= 15 is 0 Å². The predicted octanol–water partition coefficient (Wildman–Crippen LogP) is 3.32. The molecule has 8 heteroatoms. The third kappa shape index (κ3) is 3.83. The SMILES string of the molecule is COc1ccccc1CCn1cnc2cc(C(=O)c3ccccc3O)c(C(=O)O)nc21. The number of carboxylic acids is 1. The van der Waals surface area contributed by atoms with Crippen molar-refractivity contribution in [1.82, 2.24) is 14.5 Å². The molecule has 8 nitrogen and oxygen atoms in total. The van der Waals surface area contributed by atoms with Crippen LogP contribution in [-0.2, 0) is 13.0 Å². The molecule has 0 spiro atoms. The van der Waals surface area contributed by atoms with Gasteiger partial charge in [-0.15, -0.1) is 0 Å². The van der Waals surface area contributed by atoms with Crippen LogP contribution < -0.4 is 4.74 Å². The molecule has 0 aliphatic rings. The van der Waals surface area contributed by atoms with Crippen molar-refractivity contribution >= 4 is 22.9 Å². The number of para-hydroxylation sites is 2. The fourth-order valence-corrected chi connectivity index (χ4v) is 3.45. The molecule has 4 rings (SSSR count). The van der Waals surface area contributed by atoms with Gasteiger partial charge < -0.3 is 19.5 Å². The first kappa shape index (κ1) is 20.1. The fraction of sp³-hybridized carbons (Fsp3) is 0.130. The van der Waals surface area contributed by atoms with Crippen LogP contribution in [0.5, 0.6) is 11.5 Å².